The topological polar surface area (TPSA) is 108 Å². The molecule has 9 nitrogen and oxygen atoms in total. The highest BCUT2D eigenvalue weighted by molar-refractivity contribution is 5.64. The zero-order valence-corrected chi connectivity index (χ0v) is 14.2. The second kappa shape index (κ2) is 7.51. The number of nitrogens with zero attached hydrogens (tertiary/aromatic N) is 3. The van der Waals surface area contributed by atoms with Crippen LogP contribution in [0.5, 0.6) is 5.75 Å². The molecule has 1 aromatic heterocycles. The molecule has 0 aliphatic heterocycles. The highest BCUT2D eigenvalue weighted by atomic mass is 19.4. The van der Waals surface area contributed by atoms with Crippen molar-refractivity contribution >= 4 is 11.4 Å². The van der Waals surface area contributed by atoms with Crippen molar-refractivity contribution in [2.45, 2.75) is 19.5 Å². The number of aromatic nitrogens is 2. The van der Waals surface area contributed by atoms with Crippen LogP contribution < -0.4 is 21.4 Å². The van der Waals surface area contributed by atoms with E-state index in [0.29, 0.717) is 13.0 Å². The van der Waals surface area contributed by atoms with Crippen LogP contribution >= 0.6 is 0 Å². The Kier molecular flexibility index (Phi) is 5.57. The standard InChI is InChI=1S/C15H15F3N4O5/c1-3-6-19-10-7-9(4-5-11(10)22(25)26)27-21-13(23)8-12(15(16,17)18)20(2)14(21)24/h4-5,7-8,19H,3,6H2,1-2H3. The summed E-state index contributed by atoms with van der Waals surface area (Å²) >= 11 is 0. The SMILES string of the molecule is CCCNc1cc(On2c(=O)cc(C(F)(F)F)n(C)c2=O)ccc1[N+](=O)[O-]. The first kappa shape index (κ1) is 20.0. The van der Waals surface area contributed by atoms with E-state index in [0.717, 1.165) is 19.2 Å². The fourth-order valence-electron chi connectivity index (χ4n) is 2.20. The van der Waals surface area contributed by atoms with Crippen LogP contribution in [0.1, 0.15) is 19.0 Å². The molecule has 146 valence electrons. The van der Waals surface area contributed by atoms with Gasteiger partial charge >= 0.3 is 11.9 Å². The van der Waals surface area contributed by atoms with Crippen molar-refractivity contribution in [2.75, 3.05) is 11.9 Å². The van der Waals surface area contributed by atoms with Crippen LogP contribution in [0, 0.1) is 10.1 Å². The maximum absolute atomic E-state index is 12.8. The number of hydrogen-bond donors (Lipinski definition) is 1. The Morgan fingerprint density at radius 2 is 1.93 bits per heavy atom. The Morgan fingerprint density at radius 3 is 2.48 bits per heavy atom. The minimum absolute atomic E-state index is 0.0798. The van der Waals surface area contributed by atoms with Crippen LogP contribution in [0.25, 0.3) is 0 Å². The summed E-state index contributed by atoms with van der Waals surface area (Å²) in [6.07, 6.45) is -4.22. The van der Waals surface area contributed by atoms with Crippen molar-refractivity contribution in [2.24, 2.45) is 7.05 Å². The quantitative estimate of drug-likeness (QED) is 0.600. The molecule has 0 aliphatic carbocycles. The average Bonchev–Trinajstić information content (AvgIpc) is 2.58. The van der Waals surface area contributed by atoms with Crippen LogP contribution in [0.15, 0.2) is 33.9 Å². The van der Waals surface area contributed by atoms with Gasteiger partial charge in [-0.1, -0.05) is 11.7 Å². The molecular formula is C15H15F3N4O5. The molecule has 0 fully saturated rings. The Morgan fingerprint density at radius 1 is 1.26 bits per heavy atom. The predicted molar refractivity (Wildman–Crippen MR) is 88.8 cm³/mol. The van der Waals surface area contributed by atoms with Gasteiger partial charge in [-0.3, -0.25) is 19.5 Å². The van der Waals surface area contributed by atoms with Gasteiger partial charge in [0.15, 0.2) is 5.75 Å². The van der Waals surface area contributed by atoms with E-state index >= 15 is 0 Å². The molecule has 0 saturated heterocycles. The van der Waals surface area contributed by atoms with E-state index in [1.165, 1.54) is 6.07 Å². The molecule has 0 saturated carbocycles. The fraction of sp³-hybridized carbons (Fsp3) is 0.333. The number of halogens is 3. The molecule has 0 radical (unpaired) electrons. The van der Waals surface area contributed by atoms with E-state index in [1.54, 1.807) is 0 Å². The van der Waals surface area contributed by atoms with Gasteiger partial charge in [-0.25, -0.2) is 4.79 Å². The second-order valence-corrected chi connectivity index (χ2v) is 5.46. The fourth-order valence-corrected chi connectivity index (χ4v) is 2.20. The van der Waals surface area contributed by atoms with E-state index in [1.807, 2.05) is 6.92 Å². The Bertz CT molecular complexity index is 981. The molecule has 12 heteroatoms. The number of hydrogen-bond acceptors (Lipinski definition) is 6. The maximum Gasteiger partial charge on any atom is 0.431 e. The summed E-state index contributed by atoms with van der Waals surface area (Å²) in [5.74, 6) is -0.141. The first-order valence-electron chi connectivity index (χ1n) is 7.67. The second-order valence-electron chi connectivity index (χ2n) is 5.46. The van der Waals surface area contributed by atoms with Crippen molar-refractivity contribution in [3.8, 4) is 5.75 Å². The molecule has 0 unspecified atom stereocenters. The predicted octanol–water partition coefficient (Wildman–Crippen LogP) is 2.14. The molecule has 27 heavy (non-hydrogen) atoms. The summed E-state index contributed by atoms with van der Waals surface area (Å²) in [4.78, 5) is 39.5. The lowest BCUT2D eigenvalue weighted by Crippen LogP contribution is -2.43. The lowest BCUT2D eigenvalue weighted by molar-refractivity contribution is -0.384. The molecule has 1 heterocycles. The number of nitro benzene ring substituents is 1. The molecular weight excluding hydrogens is 373 g/mol. The van der Waals surface area contributed by atoms with Gasteiger partial charge in [0.25, 0.3) is 11.2 Å². The van der Waals surface area contributed by atoms with Crippen molar-refractivity contribution in [3.05, 3.63) is 60.9 Å². The molecule has 0 spiro atoms. The highest BCUT2D eigenvalue weighted by Crippen LogP contribution is 2.29. The first-order valence-corrected chi connectivity index (χ1v) is 7.67. The minimum atomic E-state index is -4.89. The van der Waals surface area contributed by atoms with Crippen molar-refractivity contribution in [1.82, 2.24) is 9.30 Å². The molecule has 2 rings (SSSR count). The number of alkyl halides is 3. The van der Waals surface area contributed by atoms with Gasteiger partial charge in [0, 0.05) is 31.8 Å². The molecule has 0 bridgehead atoms. The number of nitro groups is 1. The Balaban J connectivity index is 2.48. The van der Waals surface area contributed by atoms with E-state index < -0.39 is 28.0 Å². The largest absolute Gasteiger partial charge is 0.431 e. The summed E-state index contributed by atoms with van der Waals surface area (Å²) < 4.78 is 38.9. The third-order valence-electron chi connectivity index (χ3n) is 3.50. The number of rotatable bonds is 6. The number of nitrogens with one attached hydrogen (secondary N) is 1. The third-order valence-corrected chi connectivity index (χ3v) is 3.50. The van der Waals surface area contributed by atoms with Crippen LogP contribution in [-0.4, -0.2) is 20.8 Å². The molecule has 1 N–H and O–H groups in total. The zero-order valence-electron chi connectivity index (χ0n) is 14.2. The average molecular weight is 388 g/mol. The molecule has 2 aromatic rings. The van der Waals surface area contributed by atoms with Gasteiger partial charge in [0.2, 0.25) is 0 Å². The third kappa shape index (κ3) is 4.27. The Hall–Kier alpha value is -3.31. The summed E-state index contributed by atoms with van der Waals surface area (Å²) in [5, 5.41) is 13.8. The molecule has 0 amide bonds. The van der Waals surface area contributed by atoms with Gasteiger partial charge < -0.3 is 10.2 Å². The van der Waals surface area contributed by atoms with Crippen molar-refractivity contribution in [1.29, 1.82) is 0 Å². The van der Waals surface area contributed by atoms with Gasteiger partial charge in [-0.05, 0) is 12.5 Å². The smallest absolute Gasteiger partial charge is 0.379 e. The highest BCUT2D eigenvalue weighted by Gasteiger charge is 2.35. The van der Waals surface area contributed by atoms with Gasteiger partial charge in [-0.2, -0.15) is 13.2 Å². The molecule has 0 aliphatic rings. The van der Waals surface area contributed by atoms with Gasteiger partial charge in [0.05, 0.1) is 4.92 Å². The number of anilines is 1. The minimum Gasteiger partial charge on any atom is -0.379 e. The summed E-state index contributed by atoms with van der Waals surface area (Å²) in [6, 6.07) is 3.62. The summed E-state index contributed by atoms with van der Waals surface area (Å²) in [7, 11) is 0.842. The van der Waals surface area contributed by atoms with E-state index in [4.69, 9.17) is 4.84 Å². The van der Waals surface area contributed by atoms with E-state index in [2.05, 4.69) is 5.32 Å². The van der Waals surface area contributed by atoms with Gasteiger partial charge in [-0.15, -0.1) is 0 Å². The monoisotopic (exact) mass is 388 g/mol. The maximum atomic E-state index is 12.8. The van der Waals surface area contributed by atoms with Crippen molar-refractivity contribution < 1.29 is 22.9 Å². The Labute approximate surface area is 149 Å². The summed E-state index contributed by atoms with van der Waals surface area (Å²) in [5.41, 5.74) is -4.28. The van der Waals surface area contributed by atoms with Crippen LogP contribution in [-0.2, 0) is 13.2 Å². The van der Waals surface area contributed by atoms with Crippen molar-refractivity contribution in [3.63, 3.8) is 0 Å². The number of benzene rings is 1. The molecule has 1 aromatic carbocycles. The zero-order chi connectivity index (χ0) is 20.4. The van der Waals surface area contributed by atoms with E-state index in [-0.39, 0.29) is 32.5 Å². The first-order chi connectivity index (χ1) is 12.6. The summed E-state index contributed by atoms with van der Waals surface area (Å²) in [6.45, 7) is 2.25. The molecule has 0 atom stereocenters. The van der Waals surface area contributed by atoms with E-state index in [9.17, 15) is 32.9 Å². The lowest BCUT2D eigenvalue weighted by Gasteiger charge is -2.14. The van der Waals surface area contributed by atoms with Crippen LogP contribution in [0.4, 0.5) is 24.5 Å². The van der Waals surface area contributed by atoms with Crippen LogP contribution in [0.2, 0.25) is 0 Å². The lowest BCUT2D eigenvalue weighted by atomic mass is 10.2. The van der Waals surface area contributed by atoms with Gasteiger partial charge in [0.1, 0.15) is 11.4 Å². The normalized spacial score (nSPS) is 11.3. The van der Waals surface area contributed by atoms with Crippen LogP contribution in [0.3, 0.4) is 0 Å².